The Kier molecular flexibility index (Phi) is 8.97. The maximum absolute atomic E-state index is 13.8. The molecule has 3 aromatic carbocycles. The number of carbonyl (C=O) groups is 3. The predicted octanol–water partition coefficient (Wildman–Crippen LogP) is 5.54. The van der Waals surface area contributed by atoms with Gasteiger partial charge in [-0.1, -0.05) is 60.7 Å². The van der Waals surface area contributed by atoms with Gasteiger partial charge in [-0.15, -0.1) is 0 Å². The lowest BCUT2D eigenvalue weighted by atomic mass is 10.1. The van der Waals surface area contributed by atoms with Crippen LogP contribution in [0.3, 0.4) is 0 Å². The zero-order chi connectivity index (χ0) is 28.0. The van der Waals surface area contributed by atoms with Crippen molar-refractivity contribution < 1.29 is 19.1 Å². The first-order valence-electron chi connectivity index (χ1n) is 13.1. The average molecular weight is 546 g/mol. The molecule has 7 nitrogen and oxygen atoms in total. The lowest BCUT2D eigenvalue weighted by Crippen LogP contribution is -2.50. The number of fused-ring (bicyclic) bond motifs is 1. The number of nitrogens with one attached hydrogen (secondary N) is 2. The van der Waals surface area contributed by atoms with E-state index in [0.29, 0.717) is 24.9 Å². The van der Waals surface area contributed by atoms with Crippen LogP contribution in [0.25, 0.3) is 0 Å². The number of aryl methyl sites for hydroxylation is 1. The molecule has 204 valence electrons. The number of anilines is 2. The molecule has 0 saturated heterocycles. The fourth-order valence-electron chi connectivity index (χ4n) is 4.56. The summed E-state index contributed by atoms with van der Waals surface area (Å²) in [6.07, 6.45) is 1.07. The summed E-state index contributed by atoms with van der Waals surface area (Å²) in [6, 6.07) is 24.1. The van der Waals surface area contributed by atoms with Gasteiger partial charge in [-0.25, -0.2) is 4.79 Å². The summed E-state index contributed by atoms with van der Waals surface area (Å²) in [6.45, 7) is 5.69. The molecular weight excluding hydrogens is 510 g/mol. The van der Waals surface area contributed by atoms with Crippen molar-refractivity contribution in [2.24, 2.45) is 0 Å². The summed E-state index contributed by atoms with van der Waals surface area (Å²) in [5.74, 6) is -0.450. The van der Waals surface area contributed by atoms with Gasteiger partial charge >= 0.3 is 6.09 Å². The molecule has 0 spiro atoms. The van der Waals surface area contributed by atoms with E-state index in [1.165, 1.54) is 0 Å². The zero-order valence-corrected chi connectivity index (χ0v) is 23.4. The van der Waals surface area contributed by atoms with Crippen LogP contribution in [0.2, 0.25) is 0 Å². The van der Waals surface area contributed by atoms with Crippen molar-refractivity contribution in [1.82, 2.24) is 5.32 Å². The van der Waals surface area contributed by atoms with Crippen LogP contribution < -0.4 is 15.5 Å². The fourth-order valence-corrected chi connectivity index (χ4v) is 4.85. The third-order valence-corrected chi connectivity index (χ3v) is 6.77. The molecule has 39 heavy (non-hydrogen) atoms. The molecule has 2 atom stereocenters. The lowest BCUT2D eigenvalue weighted by Gasteiger charge is -2.27. The number of thiol groups is 1. The number of para-hydroxylation sites is 1. The van der Waals surface area contributed by atoms with E-state index in [0.717, 1.165) is 22.4 Å². The Labute approximate surface area is 235 Å². The fraction of sp³-hybridized carbons (Fsp3) is 0.323. The first-order valence-corrected chi connectivity index (χ1v) is 13.6. The monoisotopic (exact) mass is 545 g/mol. The lowest BCUT2D eigenvalue weighted by molar-refractivity contribution is -0.127. The van der Waals surface area contributed by atoms with Crippen molar-refractivity contribution in [3.63, 3.8) is 0 Å². The topological polar surface area (TPSA) is 87.7 Å². The maximum Gasteiger partial charge on any atom is 0.412 e. The molecule has 0 radical (unpaired) electrons. The van der Waals surface area contributed by atoms with Gasteiger partial charge in [0.05, 0.1) is 11.8 Å². The van der Waals surface area contributed by atoms with Gasteiger partial charge in [-0.05, 0) is 74.9 Å². The van der Waals surface area contributed by atoms with Crippen LogP contribution in [0.4, 0.5) is 16.2 Å². The molecule has 1 heterocycles. The number of hydrogen-bond donors (Lipinski definition) is 3. The van der Waals surface area contributed by atoms with Gasteiger partial charge < -0.3 is 15.0 Å². The Morgan fingerprint density at radius 1 is 1.00 bits per heavy atom. The summed E-state index contributed by atoms with van der Waals surface area (Å²) < 4.78 is 5.36. The summed E-state index contributed by atoms with van der Waals surface area (Å²) in [7, 11) is 0. The van der Waals surface area contributed by atoms with Gasteiger partial charge in [0.2, 0.25) is 11.8 Å². The Hall–Kier alpha value is -3.78. The Bertz CT molecular complexity index is 1320. The van der Waals surface area contributed by atoms with Crippen molar-refractivity contribution in [2.75, 3.05) is 10.2 Å². The zero-order valence-electron chi connectivity index (χ0n) is 22.5. The van der Waals surface area contributed by atoms with Crippen LogP contribution in [0.15, 0.2) is 78.9 Å². The van der Waals surface area contributed by atoms with Crippen molar-refractivity contribution in [1.29, 1.82) is 0 Å². The normalized spacial score (nSPS) is 16.1. The highest BCUT2D eigenvalue weighted by Crippen LogP contribution is 2.29. The highest BCUT2D eigenvalue weighted by atomic mass is 32.1. The molecule has 0 aromatic heterocycles. The second kappa shape index (κ2) is 12.4. The summed E-state index contributed by atoms with van der Waals surface area (Å²) in [4.78, 5) is 40.9. The van der Waals surface area contributed by atoms with E-state index in [1.807, 2.05) is 72.8 Å². The second-order valence-electron chi connectivity index (χ2n) is 10.7. The van der Waals surface area contributed by atoms with Gasteiger partial charge in [0, 0.05) is 11.4 Å². The Morgan fingerprint density at radius 3 is 2.44 bits per heavy atom. The van der Waals surface area contributed by atoms with Crippen LogP contribution in [0.5, 0.6) is 0 Å². The minimum Gasteiger partial charge on any atom is -0.444 e. The molecule has 2 N–H and O–H groups in total. The molecule has 0 aliphatic carbocycles. The molecule has 4 rings (SSSR count). The van der Waals surface area contributed by atoms with Gasteiger partial charge in [0.15, 0.2) is 0 Å². The van der Waals surface area contributed by atoms with Crippen molar-refractivity contribution >= 4 is 41.9 Å². The number of nitrogens with zero attached hydrogens (tertiary/aromatic N) is 1. The van der Waals surface area contributed by atoms with Crippen molar-refractivity contribution in [2.45, 2.75) is 63.5 Å². The van der Waals surface area contributed by atoms with Crippen LogP contribution >= 0.6 is 12.6 Å². The molecule has 8 heteroatoms. The maximum atomic E-state index is 13.8. The van der Waals surface area contributed by atoms with Crippen molar-refractivity contribution in [3.05, 3.63) is 95.6 Å². The van der Waals surface area contributed by atoms with Gasteiger partial charge in [0.25, 0.3) is 0 Å². The summed E-state index contributed by atoms with van der Waals surface area (Å²) in [5.41, 5.74) is 3.65. The van der Waals surface area contributed by atoms with Gasteiger partial charge in [0.1, 0.15) is 11.6 Å². The molecule has 0 bridgehead atoms. The van der Waals surface area contributed by atoms with Gasteiger partial charge in [-0.3, -0.25) is 14.9 Å². The Morgan fingerprint density at radius 2 is 1.69 bits per heavy atom. The van der Waals surface area contributed by atoms with E-state index in [-0.39, 0.29) is 18.4 Å². The van der Waals surface area contributed by atoms with E-state index in [4.69, 9.17) is 4.74 Å². The van der Waals surface area contributed by atoms with E-state index in [9.17, 15) is 14.4 Å². The number of ether oxygens (including phenoxy) is 1. The third kappa shape index (κ3) is 7.86. The quantitative estimate of drug-likeness (QED) is 0.340. The molecule has 3 amide bonds. The van der Waals surface area contributed by atoms with Crippen LogP contribution in [-0.4, -0.2) is 34.8 Å². The van der Waals surface area contributed by atoms with E-state index in [1.54, 1.807) is 31.7 Å². The summed E-state index contributed by atoms with van der Waals surface area (Å²) >= 11 is 4.53. The second-order valence-corrected chi connectivity index (χ2v) is 11.3. The molecule has 1 aliphatic rings. The summed E-state index contributed by atoms with van der Waals surface area (Å²) in [5, 5.41) is 5.14. The van der Waals surface area contributed by atoms with E-state index >= 15 is 0 Å². The van der Waals surface area contributed by atoms with Crippen molar-refractivity contribution in [3.8, 4) is 0 Å². The van der Waals surface area contributed by atoms with Crippen LogP contribution in [0.1, 0.15) is 43.9 Å². The number of hydrogen-bond acceptors (Lipinski definition) is 5. The molecule has 0 fully saturated rings. The highest BCUT2D eigenvalue weighted by Gasteiger charge is 2.32. The SMILES string of the molecule is CC(C)(C)OC(=O)Nc1cccc(CN2C(=O)C(NC(=O)C(S)Cc3ccccc3)CCc3ccccc32)c1. The average Bonchev–Trinajstić information content (AvgIpc) is 3.01. The highest BCUT2D eigenvalue weighted by molar-refractivity contribution is 7.81. The number of rotatable bonds is 7. The van der Waals surface area contributed by atoms with E-state index < -0.39 is 23.0 Å². The smallest absolute Gasteiger partial charge is 0.412 e. The largest absolute Gasteiger partial charge is 0.444 e. The first kappa shape index (κ1) is 28.2. The molecule has 3 aromatic rings. The minimum atomic E-state index is -0.682. The van der Waals surface area contributed by atoms with Crippen LogP contribution in [0, 0.1) is 0 Å². The van der Waals surface area contributed by atoms with Crippen LogP contribution in [-0.2, 0) is 33.7 Å². The number of amides is 3. The number of benzene rings is 3. The molecule has 1 aliphatic heterocycles. The standard InChI is InChI=1S/C31H35N3O4S/c1-31(2,3)38-30(37)32-24-14-9-12-22(18-24)20-34-26-15-8-7-13-23(26)16-17-25(29(34)36)33-28(35)27(39)19-21-10-5-4-6-11-21/h4-15,18,25,27,39H,16-17,19-20H2,1-3H3,(H,32,37)(H,33,35). The Balaban J connectivity index is 1.51. The minimum absolute atomic E-state index is 0.181. The van der Waals surface area contributed by atoms with E-state index in [2.05, 4.69) is 23.3 Å². The molecular formula is C31H35N3O4S. The molecule has 0 saturated carbocycles. The predicted molar refractivity (Wildman–Crippen MR) is 157 cm³/mol. The first-order chi connectivity index (χ1) is 18.6. The number of carbonyl (C=O) groups excluding carboxylic acids is 3. The van der Waals surface area contributed by atoms with Gasteiger partial charge in [-0.2, -0.15) is 12.6 Å². The molecule has 2 unspecified atom stereocenters. The third-order valence-electron chi connectivity index (χ3n) is 6.35.